The van der Waals surface area contributed by atoms with Gasteiger partial charge in [0.25, 0.3) is 0 Å². The summed E-state index contributed by atoms with van der Waals surface area (Å²) in [5.41, 5.74) is 1.75. The molecule has 0 N–H and O–H groups in total. The second-order valence-electron chi connectivity index (χ2n) is 11.5. The van der Waals surface area contributed by atoms with Crippen LogP contribution in [0.15, 0.2) is 171 Å². The van der Waals surface area contributed by atoms with Crippen molar-refractivity contribution in [2.75, 3.05) is 6.61 Å². The maximum absolute atomic E-state index is 13.7. The van der Waals surface area contributed by atoms with Crippen molar-refractivity contribution in [2.24, 2.45) is 0 Å². The lowest BCUT2D eigenvalue weighted by Crippen LogP contribution is -2.06. The number of ether oxygens (including phenoxy) is 4. The minimum Gasteiger partial charge on any atom is -0.492 e. The lowest BCUT2D eigenvalue weighted by atomic mass is 10.2. The fourth-order valence-corrected chi connectivity index (χ4v) is 7.98. The first-order valence-electron chi connectivity index (χ1n) is 16.3. The van der Waals surface area contributed by atoms with E-state index in [1.165, 1.54) is 36.4 Å². The molecule has 0 amide bonds. The minimum absolute atomic E-state index is 0.0463. The predicted molar refractivity (Wildman–Crippen MR) is 194 cm³/mol. The normalized spacial score (nSPS) is 11.5. The van der Waals surface area contributed by atoms with E-state index in [0.29, 0.717) is 36.2 Å². The molecule has 0 unspecified atom stereocenters. The molecule has 0 aliphatic carbocycles. The van der Waals surface area contributed by atoms with E-state index in [1.54, 1.807) is 78.9 Å². The zero-order valence-corrected chi connectivity index (χ0v) is 29.5. The Kier molecular flexibility index (Phi) is 11.0. The van der Waals surface area contributed by atoms with Crippen LogP contribution in [0.25, 0.3) is 0 Å². The van der Waals surface area contributed by atoms with Gasteiger partial charge in [-0.3, -0.25) is 0 Å². The first-order valence-corrected chi connectivity index (χ1v) is 19.3. The van der Waals surface area contributed by atoms with E-state index in [0.717, 1.165) is 17.5 Å². The molecule has 0 atom stereocenters. The maximum Gasteiger partial charge on any atom is 0.210 e. The molecule has 0 bridgehead atoms. The van der Waals surface area contributed by atoms with Gasteiger partial charge in [0.05, 0.1) is 16.4 Å². The van der Waals surface area contributed by atoms with E-state index in [1.807, 2.05) is 43.3 Å². The van der Waals surface area contributed by atoms with Crippen LogP contribution in [0, 0.1) is 0 Å². The Morgan fingerprint density at radius 3 is 1.57 bits per heavy atom. The summed E-state index contributed by atoms with van der Waals surface area (Å²) < 4.78 is 77.7. The number of sulfone groups is 2. The van der Waals surface area contributed by atoms with Gasteiger partial charge in [0.2, 0.25) is 19.7 Å². The van der Waals surface area contributed by atoms with Gasteiger partial charge in [-0.05, 0) is 102 Å². The molecule has 0 aromatic heterocycles. The number of hydrogen-bond acceptors (Lipinski definition) is 8. The molecule has 6 aromatic rings. The SMILES string of the molecule is CCCOc1ccccc1S(=O)(=O)c1ccc(Oc2cccc(COc3ccccc3S(=O)(=O)c3ccc(OCc4ccccc4)cc3)c2)cc1. The summed E-state index contributed by atoms with van der Waals surface area (Å²) in [6, 6.07) is 42.5. The molecule has 0 saturated heterocycles. The Hall–Kier alpha value is -5.58. The molecule has 6 aromatic carbocycles. The Morgan fingerprint density at radius 2 is 0.961 bits per heavy atom. The van der Waals surface area contributed by atoms with Crippen molar-refractivity contribution >= 4 is 19.7 Å². The van der Waals surface area contributed by atoms with Crippen LogP contribution in [-0.2, 0) is 32.9 Å². The van der Waals surface area contributed by atoms with Crippen molar-refractivity contribution in [3.63, 3.8) is 0 Å². The molecule has 0 spiro atoms. The lowest BCUT2D eigenvalue weighted by Gasteiger charge is -2.14. The van der Waals surface area contributed by atoms with Crippen LogP contribution in [0.3, 0.4) is 0 Å². The third-order valence-corrected chi connectivity index (χ3v) is 11.4. The van der Waals surface area contributed by atoms with Crippen LogP contribution in [0.4, 0.5) is 0 Å². The van der Waals surface area contributed by atoms with Gasteiger partial charge in [0, 0.05) is 0 Å². The van der Waals surface area contributed by atoms with Gasteiger partial charge in [-0.25, -0.2) is 16.8 Å². The molecule has 0 aliphatic rings. The lowest BCUT2D eigenvalue weighted by molar-refractivity contribution is 0.297. The number of rotatable bonds is 15. The first kappa shape index (κ1) is 35.3. The van der Waals surface area contributed by atoms with Gasteiger partial charge in [0.15, 0.2) is 0 Å². The van der Waals surface area contributed by atoms with Crippen LogP contribution in [0.1, 0.15) is 24.5 Å². The molecule has 0 radical (unpaired) electrons. The maximum atomic E-state index is 13.7. The van der Waals surface area contributed by atoms with E-state index in [-0.39, 0.29) is 31.9 Å². The van der Waals surface area contributed by atoms with Crippen LogP contribution >= 0.6 is 0 Å². The minimum atomic E-state index is -3.90. The molecule has 0 saturated carbocycles. The van der Waals surface area contributed by atoms with Gasteiger partial charge in [0.1, 0.15) is 51.8 Å². The Bertz CT molecular complexity index is 2290. The first-order chi connectivity index (χ1) is 24.7. The van der Waals surface area contributed by atoms with E-state index in [2.05, 4.69) is 0 Å². The predicted octanol–water partition coefficient (Wildman–Crippen LogP) is 9.09. The van der Waals surface area contributed by atoms with E-state index in [9.17, 15) is 16.8 Å². The molecule has 6 rings (SSSR count). The van der Waals surface area contributed by atoms with Gasteiger partial charge in [-0.1, -0.05) is 73.7 Å². The molecule has 0 fully saturated rings. The van der Waals surface area contributed by atoms with Crippen molar-refractivity contribution in [3.05, 3.63) is 163 Å². The molecular weight excluding hydrogens is 685 g/mol. The number of para-hydroxylation sites is 2. The number of benzene rings is 6. The summed E-state index contributed by atoms with van der Waals surface area (Å²) in [6.07, 6.45) is 0.755. The zero-order valence-electron chi connectivity index (χ0n) is 27.8. The van der Waals surface area contributed by atoms with Gasteiger partial charge < -0.3 is 18.9 Å². The standard InChI is InChI=1S/C41H36O8S2/c1-2-27-46-38-15-6-8-17-40(38)50(42,43)37-25-21-34(22-26-37)49-35-14-10-13-32(28-35)30-48-39-16-7-9-18-41(39)51(44,45)36-23-19-33(20-24-36)47-29-31-11-4-3-5-12-31/h3-26,28H,2,27,29-30H2,1H3. The average Bonchev–Trinajstić information content (AvgIpc) is 3.16. The Balaban J connectivity index is 1.11. The van der Waals surface area contributed by atoms with Gasteiger partial charge in [-0.15, -0.1) is 0 Å². The molecule has 0 heterocycles. The van der Waals surface area contributed by atoms with Crippen molar-refractivity contribution in [1.82, 2.24) is 0 Å². The summed E-state index contributed by atoms with van der Waals surface area (Å²) in [6.45, 7) is 2.82. The highest BCUT2D eigenvalue weighted by Gasteiger charge is 2.23. The molecule has 8 nitrogen and oxygen atoms in total. The molecule has 0 aliphatic heterocycles. The van der Waals surface area contributed by atoms with Crippen LogP contribution in [-0.4, -0.2) is 23.4 Å². The quantitative estimate of drug-likeness (QED) is 0.104. The topological polar surface area (TPSA) is 105 Å². The largest absolute Gasteiger partial charge is 0.492 e. The van der Waals surface area contributed by atoms with Gasteiger partial charge >= 0.3 is 0 Å². The van der Waals surface area contributed by atoms with Crippen molar-refractivity contribution in [1.29, 1.82) is 0 Å². The van der Waals surface area contributed by atoms with Gasteiger partial charge in [-0.2, -0.15) is 0 Å². The van der Waals surface area contributed by atoms with Crippen LogP contribution in [0.2, 0.25) is 0 Å². The summed E-state index contributed by atoms with van der Waals surface area (Å²) in [7, 11) is -7.72. The van der Waals surface area contributed by atoms with Crippen LogP contribution < -0.4 is 18.9 Å². The Morgan fingerprint density at radius 1 is 0.451 bits per heavy atom. The summed E-state index contributed by atoms with van der Waals surface area (Å²) >= 11 is 0. The molecular formula is C41H36O8S2. The molecule has 10 heteroatoms. The highest BCUT2D eigenvalue weighted by molar-refractivity contribution is 7.92. The zero-order chi connectivity index (χ0) is 35.7. The van der Waals surface area contributed by atoms with Crippen LogP contribution in [0.5, 0.6) is 28.7 Å². The second-order valence-corrected chi connectivity index (χ2v) is 15.3. The van der Waals surface area contributed by atoms with E-state index in [4.69, 9.17) is 18.9 Å². The summed E-state index contributed by atoms with van der Waals surface area (Å²) in [4.78, 5) is 0.389. The highest BCUT2D eigenvalue weighted by atomic mass is 32.2. The monoisotopic (exact) mass is 720 g/mol. The third-order valence-electron chi connectivity index (χ3n) is 7.78. The fourth-order valence-electron chi connectivity index (χ4n) is 5.19. The summed E-state index contributed by atoms with van der Waals surface area (Å²) in [5, 5.41) is 0. The average molecular weight is 721 g/mol. The smallest absolute Gasteiger partial charge is 0.210 e. The third kappa shape index (κ3) is 8.60. The second kappa shape index (κ2) is 16.0. The molecule has 260 valence electrons. The molecule has 51 heavy (non-hydrogen) atoms. The fraction of sp³-hybridized carbons (Fsp3) is 0.122. The number of hydrogen-bond donors (Lipinski definition) is 0. The van der Waals surface area contributed by atoms with Crippen molar-refractivity contribution in [3.8, 4) is 28.7 Å². The van der Waals surface area contributed by atoms with Crippen molar-refractivity contribution in [2.45, 2.75) is 46.1 Å². The van der Waals surface area contributed by atoms with E-state index >= 15 is 0 Å². The van der Waals surface area contributed by atoms with Crippen molar-refractivity contribution < 1.29 is 35.8 Å². The summed E-state index contributed by atoms with van der Waals surface area (Å²) in [5.74, 6) is 2.03. The highest BCUT2D eigenvalue weighted by Crippen LogP contribution is 2.33. The Labute approximate surface area is 298 Å². The van der Waals surface area contributed by atoms with E-state index < -0.39 is 19.7 Å².